The molecule has 2 N–H and O–H groups in total. The largest absolute Gasteiger partial charge is 0.468 e. The Bertz CT molecular complexity index is 1010. The van der Waals surface area contributed by atoms with Crippen molar-refractivity contribution in [3.63, 3.8) is 0 Å². The molecule has 0 atom stereocenters. The zero-order valence-electron chi connectivity index (χ0n) is 15.3. The fraction of sp³-hybridized carbons (Fsp3) is 0.278. The lowest BCUT2D eigenvalue weighted by molar-refractivity contribution is -0.116. The van der Waals surface area contributed by atoms with Gasteiger partial charge in [-0.3, -0.25) is 4.79 Å². The number of sulfone groups is 1. The van der Waals surface area contributed by atoms with Crippen molar-refractivity contribution in [2.24, 2.45) is 0 Å². The van der Waals surface area contributed by atoms with E-state index >= 15 is 0 Å². The zero-order valence-corrected chi connectivity index (χ0v) is 16.9. The van der Waals surface area contributed by atoms with Crippen molar-refractivity contribution in [2.75, 3.05) is 18.1 Å². The maximum Gasteiger partial charge on any atom is 0.244 e. The smallest absolute Gasteiger partial charge is 0.244 e. The van der Waals surface area contributed by atoms with Crippen LogP contribution in [0.4, 0.5) is 0 Å². The topological polar surface area (TPSA) is 123 Å². The van der Waals surface area contributed by atoms with Gasteiger partial charge in [0.25, 0.3) is 0 Å². The van der Waals surface area contributed by atoms with E-state index in [0.717, 1.165) is 0 Å². The lowest BCUT2D eigenvalue weighted by Gasteiger charge is -2.06. The van der Waals surface area contributed by atoms with Crippen LogP contribution in [0.3, 0.4) is 0 Å². The quantitative estimate of drug-likeness (QED) is 0.553. The Kier molecular flexibility index (Phi) is 7.55. The molecule has 1 heterocycles. The fourth-order valence-corrected chi connectivity index (χ4v) is 3.82. The van der Waals surface area contributed by atoms with Crippen LogP contribution >= 0.6 is 0 Å². The number of furan rings is 1. The Labute approximate surface area is 164 Å². The molecule has 0 bridgehead atoms. The predicted molar refractivity (Wildman–Crippen MR) is 106 cm³/mol. The molecule has 28 heavy (non-hydrogen) atoms. The monoisotopic (exact) mass is 426 g/mol. The molecule has 0 saturated heterocycles. The van der Waals surface area contributed by atoms with Crippen molar-refractivity contribution in [1.29, 1.82) is 0 Å². The Balaban J connectivity index is 1.89. The standard InChI is InChI=1S/C18H22N2O6S2/c1-2-27(22,23)13-11-19-18(21)10-7-15-5-8-17(9-6-15)28(24,25)20-14-16-4-3-12-26-16/h3-10,12,20H,2,11,13-14H2,1H3,(H,19,21)/b10-7+. The number of hydrogen-bond acceptors (Lipinski definition) is 6. The summed E-state index contributed by atoms with van der Waals surface area (Å²) in [6.07, 6.45) is 4.23. The van der Waals surface area contributed by atoms with Crippen molar-refractivity contribution in [3.8, 4) is 0 Å². The number of nitrogens with one attached hydrogen (secondary N) is 2. The molecule has 0 spiro atoms. The molecule has 0 radical (unpaired) electrons. The van der Waals surface area contributed by atoms with E-state index in [-0.39, 0.29) is 29.5 Å². The summed E-state index contributed by atoms with van der Waals surface area (Å²) < 4.78 is 54.7. The SMILES string of the molecule is CCS(=O)(=O)CCNC(=O)/C=C/c1ccc(S(=O)(=O)NCc2ccco2)cc1. The molecule has 152 valence electrons. The van der Waals surface area contributed by atoms with Crippen LogP contribution in [0, 0.1) is 0 Å². The molecular formula is C18H22N2O6S2. The van der Waals surface area contributed by atoms with Gasteiger partial charge < -0.3 is 9.73 Å². The van der Waals surface area contributed by atoms with E-state index in [1.165, 1.54) is 30.5 Å². The highest BCUT2D eigenvalue weighted by atomic mass is 32.2. The van der Waals surface area contributed by atoms with Crippen molar-refractivity contribution >= 4 is 31.8 Å². The van der Waals surface area contributed by atoms with E-state index in [1.807, 2.05) is 0 Å². The molecule has 0 unspecified atom stereocenters. The summed E-state index contributed by atoms with van der Waals surface area (Å²) in [7, 11) is -6.81. The molecule has 0 aliphatic rings. The maximum absolute atomic E-state index is 12.2. The normalized spacial score (nSPS) is 12.3. The molecule has 1 aromatic carbocycles. The first-order chi connectivity index (χ1) is 13.2. The number of benzene rings is 1. The Morgan fingerprint density at radius 1 is 1.11 bits per heavy atom. The van der Waals surface area contributed by atoms with Crippen LogP contribution in [0.1, 0.15) is 18.2 Å². The Morgan fingerprint density at radius 3 is 2.43 bits per heavy atom. The van der Waals surface area contributed by atoms with Gasteiger partial charge in [0.1, 0.15) is 5.76 Å². The average Bonchev–Trinajstić information content (AvgIpc) is 3.19. The number of hydrogen-bond donors (Lipinski definition) is 2. The van der Waals surface area contributed by atoms with Crippen molar-refractivity contribution in [3.05, 3.63) is 60.1 Å². The van der Waals surface area contributed by atoms with E-state index in [9.17, 15) is 21.6 Å². The highest BCUT2D eigenvalue weighted by Crippen LogP contribution is 2.12. The van der Waals surface area contributed by atoms with Crippen molar-refractivity contribution < 1.29 is 26.0 Å². The van der Waals surface area contributed by atoms with Crippen LogP contribution in [0.25, 0.3) is 6.08 Å². The summed E-state index contributed by atoms with van der Waals surface area (Å²) in [6.45, 7) is 1.64. The third kappa shape index (κ3) is 6.95. The van der Waals surface area contributed by atoms with Crippen LogP contribution in [-0.4, -0.2) is 40.8 Å². The molecule has 10 heteroatoms. The molecule has 0 saturated carbocycles. The minimum absolute atomic E-state index is 0.0321. The van der Waals surface area contributed by atoms with Gasteiger partial charge in [-0.25, -0.2) is 21.6 Å². The maximum atomic E-state index is 12.2. The van der Waals surface area contributed by atoms with Crippen LogP contribution in [0.2, 0.25) is 0 Å². The van der Waals surface area contributed by atoms with E-state index in [0.29, 0.717) is 11.3 Å². The highest BCUT2D eigenvalue weighted by Gasteiger charge is 2.14. The van der Waals surface area contributed by atoms with Crippen LogP contribution in [0.5, 0.6) is 0 Å². The Hall–Kier alpha value is -2.43. The second-order valence-corrected chi connectivity index (χ2v) is 10.1. The van der Waals surface area contributed by atoms with Gasteiger partial charge in [0.15, 0.2) is 9.84 Å². The van der Waals surface area contributed by atoms with E-state index in [1.54, 1.807) is 31.2 Å². The first kappa shape index (κ1) is 21.9. The van der Waals surface area contributed by atoms with Gasteiger partial charge in [-0.2, -0.15) is 0 Å². The van der Waals surface area contributed by atoms with E-state index in [4.69, 9.17) is 4.42 Å². The second-order valence-electron chi connectivity index (χ2n) is 5.83. The third-order valence-electron chi connectivity index (χ3n) is 3.79. The van der Waals surface area contributed by atoms with Gasteiger partial charge in [-0.05, 0) is 35.9 Å². The summed E-state index contributed by atoms with van der Waals surface area (Å²) in [6, 6.07) is 9.31. The average molecular weight is 427 g/mol. The van der Waals surface area contributed by atoms with Gasteiger partial charge >= 0.3 is 0 Å². The molecular weight excluding hydrogens is 404 g/mol. The summed E-state index contributed by atoms with van der Waals surface area (Å²) >= 11 is 0. The van der Waals surface area contributed by atoms with Crippen molar-refractivity contribution in [2.45, 2.75) is 18.4 Å². The zero-order chi connectivity index (χ0) is 20.6. The van der Waals surface area contributed by atoms with Gasteiger partial charge in [0, 0.05) is 18.4 Å². The van der Waals surface area contributed by atoms with E-state index in [2.05, 4.69) is 10.0 Å². The predicted octanol–water partition coefficient (Wildman–Crippen LogP) is 1.32. The minimum Gasteiger partial charge on any atom is -0.468 e. The van der Waals surface area contributed by atoms with Crippen LogP contribution in [0.15, 0.2) is 58.1 Å². The number of carbonyl (C=O) groups excluding carboxylic acids is 1. The molecule has 0 aliphatic carbocycles. The van der Waals surface area contributed by atoms with Crippen molar-refractivity contribution in [1.82, 2.24) is 10.0 Å². The molecule has 0 aliphatic heterocycles. The molecule has 1 amide bonds. The van der Waals surface area contributed by atoms with Gasteiger partial charge in [-0.15, -0.1) is 0 Å². The molecule has 1 aromatic heterocycles. The first-order valence-electron chi connectivity index (χ1n) is 8.50. The lowest BCUT2D eigenvalue weighted by Crippen LogP contribution is -2.28. The number of sulfonamides is 1. The van der Waals surface area contributed by atoms with Gasteiger partial charge in [-0.1, -0.05) is 19.1 Å². The molecule has 2 aromatic rings. The fourth-order valence-electron chi connectivity index (χ4n) is 2.13. The first-order valence-corrected chi connectivity index (χ1v) is 11.8. The van der Waals surface area contributed by atoms with Gasteiger partial charge in [0.05, 0.1) is 23.5 Å². The number of carbonyl (C=O) groups is 1. The minimum atomic E-state index is -3.68. The number of amides is 1. The highest BCUT2D eigenvalue weighted by molar-refractivity contribution is 7.91. The summed E-state index contributed by atoms with van der Waals surface area (Å²) in [5.41, 5.74) is 0.626. The summed E-state index contributed by atoms with van der Waals surface area (Å²) in [4.78, 5) is 11.8. The van der Waals surface area contributed by atoms with Crippen LogP contribution in [-0.2, 0) is 31.2 Å². The van der Waals surface area contributed by atoms with Gasteiger partial charge in [0.2, 0.25) is 15.9 Å². The molecule has 2 rings (SSSR count). The third-order valence-corrected chi connectivity index (χ3v) is 6.91. The summed E-state index contributed by atoms with van der Waals surface area (Å²) in [5, 5.41) is 2.49. The molecule has 0 fully saturated rings. The Morgan fingerprint density at radius 2 is 1.82 bits per heavy atom. The van der Waals surface area contributed by atoms with Crippen LogP contribution < -0.4 is 10.0 Å². The molecule has 8 nitrogen and oxygen atoms in total. The number of rotatable bonds is 10. The second kappa shape index (κ2) is 9.67. The van der Waals surface area contributed by atoms with E-state index < -0.39 is 25.8 Å². The summed E-state index contributed by atoms with van der Waals surface area (Å²) in [5.74, 6) is -0.00525. The lowest BCUT2D eigenvalue weighted by atomic mass is 10.2.